The molecule has 0 spiro atoms. The summed E-state index contributed by atoms with van der Waals surface area (Å²) in [5.74, 6) is 0. The van der Waals surface area contributed by atoms with Gasteiger partial charge in [0.1, 0.15) is 0 Å². The number of likely N-dealkylation sites (N-methyl/N-ethyl adjacent to an activating group) is 1. The Bertz CT molecular complexity index is 328. The highest BCUT2D eigenvalue weighted by Crippen LogP contribution is 2.21. The van der Waals surface area contributed by atoms with Crippen LogP contribution in [-0.2, 0) is 4.74 Å². The minimum Gasteiger partial charge on any atom is -0.380 e. The van der Waals surface area contributed by atoms with E-state index in [-0.39, 0.29) is 6.04 Å². The summed E-state index contributed by atoms with van der Waals surface area (Å²) in [7, 11) is 0. The van der Waals surface area contributed by atoms with E-state index in [0.717, 1.165) is 18.2 Å². The normalized spacial score (nSPS) is 12.8. The monoisotopic (exact) mass is 241 g/mol. The standard InChI is InChI=1S/C13H20ClNO/c1-4-15-13(9-16-5-2)12-7-6-11(14)8-10(12)3/h6-8,13,15H,4-5,9H2,1-3H3. The van der Waals surface area contributed by atoms with E-state index in [9.17, 15) is 0 Å². The topological polar surface area (TPSA) is 21.3 Å². The van der Waals surface area contributed by atoms with Gasteiger partial charge in [0.05, 0.1) is 12.6 Å². The third-order valence-corrected chi connectivity index (χ3v) is 2.78. The number of hydrogen-bond acceptors (Lipinski definition) is 2. The van der Waals surface area contributed by atoms with Crippen molar-refractivity contribution >= 4 is 11.6 Å². The van der Waals surface area contributed by atoms with E-state index in [1.165, 1.54) is 11.1 Å². The molecule has 0 heterocycles. The van der Waals surface area contributed by atoms with Crippen molar-refractivity contribution in [2.24, 2.45) is 0 Å². The Morgan fingerprint density at radius 3 is 2.69 bits per heavy atom. The summed E-state index contributed by atoms with van der Waals surface area (Å²) in [6.07, 6.45) is 0. The second-order valence-electron chi connectivity index (χ2n) is 3.77. The van der Waals surface area contributed by atoms with E-state index in [2.05, 4.69) is 25.2 Å². The van der Waals surface area contributed by atoms with Gasteiger partial charge in [-0.1, -0.05) is 24.6 Å². The fraction of sp³-hybridized carbons (Fsp3) is 0.538. The van der Waals surface area contributed by atoms with E-state index >= 15 is 0 Å². The van der Waals surface area contributed by atoms with Crippen molar-refractivity contribution in [3.8, 4) is 0 Å². The fourth-order valence-corrected chi connectivity index (χ4v) is 2.00. The zero-order valence-electron chi connectivity index (χ0n) is 10.2. The largest absolute Gasteiger partial charge is 0.380 e. The third-order valence-electron chi connectivity index (χ3n) is 2.55. The number of ether oxygens (including phenoxy) is 1. The zero-order chi connectivity index (χ0) is 12.0. The maximum atomic E-state index is 5.95. The van der Waals surface area contributed by atoms with E-state index in [1.54, 1.807) is 0 Å². The molecule has 1 rings (SSSR count). The number of aryl methyl sites for hydroxylation is 1. The first kappa shape index (κ1) is 13.5. The van der Waals surface area contributed by atoms with Crippen molar-refractivity contribution in [1.82, 2.24) is 5.32 Å². The Balaban J connectivity index is 2.82. The summed E-state index contributed by atoms with van der Waals surface area (Å²) in [4.78, 5) is 0. The fourth-order valence-electron chi connectivity index (χ4n) is 1.77. The van der Waals surface area contributed by atoms with Crippen LogP contribution in [0.3, 0.4) is 0 Å². The van der Waals surface area contributed by atoms with E-state index in [4.69, 9.17) is 16.3 Å². The lowest BCUT2D eigenvalue weighted by Gasteiger charge is -2.20. The van der Waals surface area contributed by atoms with Gasteiger partial charge in [-0.3, -0.25) is 0 Å². The minimum absolute atomic E-state index is 0.252. The van der Waals surface area contributed by atoms with Crippen LogP contribution < -0.4 is 5.32 Å². The molecule has 90 valence electrons. The average molecular weight is 242 g/mol. The van der Waals surface area contributed by atoms with Crippen LogP contribution in [0, 0.1) is 6.92 Å². The molecule has 0 aliphatic heterocycles. The van der Waals surface area contributed by atoms with Gasteiger partial charge in [0.25, 0.3) is 0 Å². The van der Waals surface area contributed by atoms with Crippen LogP contribution in [-0.4, -0.2) is 19.8 Å². The van der Waals surface area contributed by atoms with E-state index in [0.29, 0.717) is 6.61 Å². The molecule has 0 saturated carbocycles. The molecule has 0 amide bonds. The number of rotatable bonds is 6. The molecule has 1 atom stereocenters. The second kappa shape index (κ2) is 6.89. The quantitative estimate of drug-likeness (QED) is 0.825. The van der Waals surface area contributed by atoms with Gasteiger partial charge in [-0.25, -0.2) is 0 Å². The molecule has 2 nitrogen and oxygen atoms in total. The van der Waals surface area contributed by atoms with Gasteiger partial charge in [0.15, 0.2) is 0 Å². The molecule has 16 heavy (non-hydrogen) atoms. The summed E-state index contributed by atoms with van der Waals surface area (Å²) in [6.45, 7) is 8.57. The van der Waals surface area contributed by atoms with E-state index in [1.807, 2.05) is 19.1 Å². The van der Waals surface area contributed by atoms with Gasteiger partial charge in [-0.15, -0.1) is 0 Å². The molecule has 0 radical (unpaired) electrons. The summed E-state index contributed by atoms with van der Waals surface area (Å²) in [5.41, 5.74) is 2.47. The Labute approximate surface area is 103 Å². The number of nitrogens with one attached hydrogen (secondary N) is 1. The lowest BCUT2D eigenvalue weighted by atomic mass is 10.0. The summed E-state index contributed by atoms with van der Waals surface area (Å²) in [6, 6.07) is 6.25. The molecule has 0 bridgehead atoms. The molecule has 3 heteroatoms. The molecule has 0 aliphatic rings. The van der Waals surface area contributed by atoms with Gasteiger partial charge >= 0.3 is 0 Å². The van der Waals surface area contributed by atoms with Crippen molar-refractivity contribution in [3.63, 3.8) is 0 Å². The average Bonchev–Trinajstić information content (AvgIpc) is 2.25. The van der Waals surface area contributed by atoms with Gasteiger partial charge in [0, 0.05) is 11.6 Å². The van der Waals surface area contributed by atoms with Crippen LogP contribution in [0.1, 0.15) is 31.0 Å². The zero-order valence-corrected chi connectivity index (χ0v) is 11.0. The van der Waals surface area contributed by atoms with Crippen LogP contribution in [0.2, 0.25) is 5.02 Å². The highest BCUT2D eigenvalue weighted by Gasteiger charge is 2.12. The lowest BCUT2D eigenvalue weighted by Crippen LogP contribution is -2.26. The van der Waals surface area contributed by atoms with Crippen LogP contribution in [0.25, 0.3) is 0 Å². The van der Waals surface area contributed by atoms with Crippen LogP contribution >= 0.6 is 11.6 Å². The van der Waals surface area contributed by atoms with Gasteiger partial charge in [0.2, 0.25) is 0 Å². The molecule has 1 aromatic rings. The molecular formula is C13H20ClNO. The summed E-state index contributed by atoms with van der Waals surface area (Å²) < 4.78 is 5.49. The van der Waals surface area contributed by atoms with Crippen molar-refractivity contribution in [2.45, 2.75) is 26.8 Å². The first-order valence-corrected chi connectivity index (χ1v) is 6.14. The Morgan fingerprint density at radius 1 is 1.38 bits per heavy atom. The number of halogens is 1. The molecule has 0 aliphatic carbocycles. The predicted molar refractivity (Wildman–Crippen MR) is 69.1 cm³/mol. The predicted octanol–water partition coefficient (Wildman–Crippen LogP) is 3.34. The van der Waals surface area contributed by atoms with Gasteiger partial charge in [-0.2, -0.15) is 0 Å². The van der Waals surface area contributed by atoms with Crippen LogP contribution in [0.5, 0.6) is 0 Å². The molecule has 1 unspecified atom stereocenters. The van der Waals surface area contributed by atoms with Crippen LogP contribution in [0.4, 0.5) is 0 Å². The van der Waals surface area contributed by atoms with Crippen molar-refractivity contribution < 1.29 is 4.74 Å². The highest BCUT2D eigenvalue weighted by atomic mass is 35.5. The van der Waals surface area contributed by atoms with Crippen molar-refractivity contribution in [2.75, 3.05) is 19.8 Å². The van der Waals surface area contributed by atoms with Crippen molar-refractivity contribution in [3.05, 3.63) is 34.3 Å². The molecule has 1 aromatic carbocycles. The second-order valence-corrected chi connectivity index (χ2v) is 4.21. The van der Waals surface area contributed by atoms with Crippen molar-refractivity contribution in [1.29, 1.82) is 0 Å². The Kier molecular flexibility index (Phi) is 5.81. The summed E-state index contributed by atoms with van der Waals surface area (Å²) >= 11 is 5.95. The third kappa shape index (κ3) is 3.78. The number of benzene rings is 1. The first-order valence-electron chi connectivity index (χ1n) is 5.76. The SMILES string of the molecule is CCNC(COCC)c1ccc(Cl)cc1C. The summed E-state index contributed by atoms with van der Waals surface area (Å²) in [5, 5.41) is 4.21. The smallest absolute Gasteiger partial charge is 0.0661 e. The Morgan fingerprint density at radius 2 is 2.12 bits per heavy atom. The molecular weight excluding hydrogens is 222 g/mol. The maximum absolute atomic E-state index is 5.95. The molecule has 1 N–H and O–H groups in total. The molecule has 0 aromatic heterocycles. The maximum Gasteiger partial charge on any atom is 0.0661 e. The van der Waals surface area contributed by atoms with Gasteiger partial charge < -0.3 is 10.1 Å². The van der Waals surface area contributed by atoms with Crippen LogP contribution in [0.15, 0.2) is 18.2 Å². The van der Waals surface area contributed by atoms with Gasteiger partial charge in [-0.05, 0) is 43.7 Å². The highest BCUT2D eigenvalue weighted by molar-refractivity contribution is 6.30. The molecule has 0 saturated heterocycles. The van der Waals surface area contributed by atoms with E-state index < -0.39 is 0 Å². The minimum atomic E-state index is 0.252. The number of hydrogen-bond donors (Lipinski definition) is 1. The Hall–Kier alpha value is -0.570. The lowest BCUT2D eigenvalue weighted by molar-refractivity contribution is 0.123. The first-order chi connectivity index (χ1) is 7.69. The molecule has 0 fully saturated rings.